The Bertz CT molecular complexity index is 979. The topological polar surface area (TPSA) is 25.0 Å². The van der Waals surface area contributed by atoms with Crippen molar-refractivity contribution in [2.24, 2.45) is 0 Å². The summed E-state index contributed by atoms with van der Waals surface area (Å²) in [4.78, 5) is 0. The van der Waals surface area contributed by atoms with E-state index < -0.39 is 13.5 Å². The number of nitrogens with zero attached hydrogens (tertiary/aromatic N) is 1. The van der Waals surface area contributed by atoms with Gasteiger partial charge in [-0.1, -0.05) is 0 Å². The van der Waals surface area contributed by atoms with Gasteiger partial charge in [-0.05, 0) is 0 Å². The molecule has 1 unspecified atom stereocenters. The standard InChI is InChI=1S/C28H36GeN2/c1-17-10-20(4)26(21(5)11-17)29(31-16-30-31,27-22(6)12-18(2)13-23(27)7)28-24(8)14-19(3)15-25(28)9/h10-15,30H,16H2,1-9H3. The quantitative estimate of drug-likeness (QED) is 0.454. The average molecular weight is 473 g/mol. The average Bonchev–Trinajstić information content (AvgIpc) is 3.43. The first-order valence-corrected chi connectivity index (χ1v) is 15.4. The minimum atomic E-state index is -3.25. The molecule has 1 fully saturated rings. The van der Waals surface area contributed by atoms with Gasteiger partial charge < -0.3 is 0 Å². The van der Waals surface area contributed by atoms with E-state index in [4.69, 9.17) is 0 Å². The molecule has 0 saturated carbocycles. The number of hydrazine groups is 1. The number of benzene rings is 3. The maximum atomic E-state index is 3.69. The van der Waals surface area contributed by atoms with Crippen LogP contribution in [0.2, 0.25) is 0 Å². The fourth-order valence-electron chi connectivity index (χ4n) is 6.30. The predicted octanol–water partition coefficient (Wildman–Crippen LogP) is 4.21. The molecule has 1 saturated heterocycles. The van der Waals surface area contributed by atoms with Crippen LogP contribution in [0.25, 0.3) is 0 Å². The number of rotatable bonds is 4. The Morgan fingerprint density at radius 2 is 0.742 bits per heavy atom. The minimum absolute atomic E-state index is 0.965. The second-order valence-electron chi connectivity index (χ2n) is 9.78. The molecule has 0 aliphatic carbocycles. The van der Waals surface area contributed by atoms with Crippen LogP contribution in [-0.2, 0) is 0 Å². The molecule has 1 aliphatic heterocycles. The van der Waals surface area contributed by atoms with Gasteiger partial charge >= 0.3 is 192 Å². The van der Waals surface area contributed by atoms with Crippen LogP contribution in [0.3, 0.4) is 0 Å². The molecule has 162 valence electrons. The molecule has 3 heteroatoms. The molecule has 1 aliphatic rings. The Morgan fingerprint density at radius 3 is 0.935 bits per heavy atom. The zero-order valence-corrected chi connectivity index (χ0v) is 22.7. The van der Waals surface area contributed by atoms with Gasteiger partial charge in [0.2, 0.25) is 0 Å². The molecule has 0 aromatic heterocycles. The third-order valence-corrected chi connectivity index (χ3v) is 18.7. The van der Waals surface area contributed by atoms with E-state index >= 15 is 0 Å². The Morgan fingerprint density at radius 1 is 0.516 bits per heavy atom. The number of nitrogens with one attached hydrogen (secondary N) is 1. The molecule has 4 rings (SSSR count). The van der Waals surface area contributed by atoms with Crippen molar-refractivity contribution in [2.45, 2.75) is 62.3 Å². The number of aryl methyl sites for hydroxylation is 9. The SMILES string of the molecule is Cc1cc(C)[c]([Ge]([c]2c(C)cc(C)cc2C)([c]2c(C)cc(C)cc2C)[N]2CN2)c(C)c1. The van der Waals surface area contributed by atoms with Gasteiger partial charge in [0.15, 0.2) is 0 Å². The van der Waals surface area contributed by atoms with E-state index in [1.807, 2.05) is 0 Å². The first kappa shape index (κ1) is 22.3. The molecular weight excluding hydrogens is 437 g/mol. The normalized spacial score (nSPS) is 16.0. The molecule has 1 atom stereocenters. The molecule has 2 nitrogen and oxygen atoms in total. The van der Waals surface area contributed by atoms with E-state index in [9.17, 15) is 0 Å². The second kappa shape index (κ2) is 7.92. The summed E-state index contributed by atoms with van der Waals surface area (Å²) in [6.45, 7) is 21.6. The molecule has 0 radical (unpaired) electrons. The van der Waals surface area contributed by atoms with Crippen LogP contribution in [0.5, 0.6) is 0 Å². The summed E-state index contributed by atoms with van der Waals surface area (Å²) in [6.07, 6.45) is 0. The molecule has 31 heavy (non-hydrogen) atoms. The van der Waals surface area contributed by atoms with Crippen molar-refractivity contribution >= 4 is 26.7 Å². The van der Waals surface area contributed by atoms with Gasteiger partial charge in [0.25, 0.3) is 0 Å². The van der Waals surface area contributed by atoms with Gasteiger partial charge in [0.1, 0.15) is 0 Å². The number of hydrogen-bond donors (Lipinski definition) is 1. The van der Waals surface area contributed by atoms with Gasteiger partial charge in [-0.2, -0.15) is 0 Å². The molecule has 3 aromatic rings. The Balaban J connectivity index is 2.26. The van der Waals surface area contributed by atoms with Crippen LogP contribution >= 0.6 is 0 Å². The monoisotopic (exact) mass is 474 g/mol. The van der Waals surface area contributed by atoms with E-state index in [-0.39, 0.29) is 0 Å². The van der Waals surface area contributed by atoms with Crippen LogP contribution in [0.4, 0.5) is 0 Å². The van der Waals surface area contributed by atoms with Crippen molar-refractivity contribution in [2.75, 3.05) is 6.67 Å². The van der Waals surface area contributed by atoms with Crippen LogP contribution in [-0.4, -0.2) is 24.1 Å². The summed E-state index contributed by atoms with van der Waals surface area (Å²) < 4.78 is 7.43. The van der Waals surface area contributed by atoms with Crippen LogP contribution in [0.1, 0.15) is 50.1 Å². The zero-order chi connectivity index (χ0) is 22.7. The van der Waals surface area contributed by atoms with Crippen LogP contribution in [0.15, 0.2) is 36.4 Å². The third-order valence-electron chi connectivity index (χ3n) is 6.84. The van der Waals surface area contributed by atoms with Gasteiger partial charge in [0.05, 0.1) is 0 Å². The first-order chi connectivity index (χ1) is 14.6. The van der Waals surface area contributed by atoms with E-state index in [1.165, 1.54) is 50.1 Å². The Hall–Kier alpha value is -1.88. The Labute approximate surface area is 191 Å². The van der Waals surface area contributed by atoms with Crippen molar-refractivity contribution in [3.63, 3.8) is 0 Å². The predicted molar refractivity (Wildman–Crippen MR) is 136 cm³/mol. The van der Waals surface area contributed by atoms with Crippen molar-refractivity contribution < 1.29 is 0 Å². The molecule has 1 N–H and O–H groups in total. The van der Waals surface area contributed by atoms with Gasteiger partial charge in [0, 0.05) is 0 Å². The molecule has 3 aromatic carbocycles. The molecule has 0 amide bonds. The summed E-state index contributed by atoms with van der Waals surface area (Å²) in [7, 11) is 0. The van der Waals surface area contributed by atoms with Gasteiger partial charge in [-0.15, -0.1) is 0 Å². The third kappa shape index (κ3) is 3.59. The fourth-order valence-corrected chi connectivity index (χ4v) is 18.8. The second-order valence-corrected chi connectivity index (χ2v) is 17.0. The summed E-state index contributed by atoms with van der Waals surface area (Å²) in [6, 6.07) is 14.4. The molecule has 0 spiro atoms. The molecular formula is C28H36GeN2. The summed E-state index contributed by atoms with van der Waals surface area (Å²) in [5.41, 5.74) is 16.4. The van der Waals surface area contributed by atoms with Crippen molar-refractivity contribution in [1.29, 1.82) is 0 Å². The summed E-state index contributed by atoms with van der Waals surface area (Å²) >= 11 is -3.25. The van der Waals surface area contributed by atoms with Gasteiger partial charge in [-0.25, -0.2) is 0 Å². The van der Waals surface area contributed by atoms with E-state index in [0.717, 1.165) is 6.67 Å². The fraction of sp³-hybridized carbons (Fsp3) is 0.357. The van der Waals surface area contributed by atoms with E-state index in [0.29, 0.717) is 0 Å². The van der Waals surface area contributed by atoms with Crippen molar-refractivity contribution in [3.8, 4) is 0 Å². The zero-order valence-electron chi connectivity index (χ0n) is 20.6. The maximum absolute atomic E-state index is 3.69. The summed E-state index contributed by atoms with van der Waals surface area (Å²) in [5, 5.41) is 0. The van der Waals surface area contributed by atoms with E-state index in [2.05, 4.69) is 108 Å². The van der Waals surface area contributed by atoms with Crippen LogP contribution in [0, 0.1) is 62.3 Å². The van der Waals surface area contributed by atoms with Crippen LogP contribution < -0.4 is 18.6 Å². The number of hydrogen-bond acceptors (Lipinski definition) is 2. The van der Waals surface area contributed by atoms with Crippen molar-refractivity contribution in [3.05, 3.63) is 86.5 Å². The van der Waals surface area contributed by atoms with Gasteiger partial charge in [-0.3, -0.25) is 0 Å². The first-order valence-electron chi connectivity index (χ1n) is 11.3. The Kier molecular flexibility index (Phi) is 5.70. The van der Waals surface area contributed by atoms with E-state index in [1.54, 1.807) is 13.2 Å². The molecule has 0 bridgehead atoms. The van der Waals surface area contributed by atoms with Crippen molar-refractivity contribution in [1.82, 2.24) is 9.39 Å². The molecule has 1 heterocycles. The summed E-state index contributed by atoms with van der Waals surface area (Å²) in [5.74, 6) is 0.